The van der Waals surface area contributed by atoms with E-state index in [1.165, 1.54) is 5.56 Å². The zero-order chi connectivity index (χ0) is 17.6. The Morgan fingerprint density at radius 1 is 1.20 bits per heavy atom. The SMILES string of the molecule is COc1ccc(C)cc1N1CCN(C(=O)NCc2ccccn2)CC1. The zero-order valence-corrected chi connectivity index (χ0v) is 14.7. The summed E-state index contributed by atoms with van der Waals surface area (Å²) in [6, 6.07) is 11.8. The number of carbonyl (C=O) groups is 1. The first-order chi connectivity index (χ1) is 12.2. The number of aromatic nitrogens is 1. The molecule has 2 aromatic rings. The van der Waals surface area contributed by atoms with E-state index in [1.54, 1.807) is 13.3 Å². The molecule has 1 aromatic carbocycles. The van der Waals surface area contributed by atoms with Gasteiger partial charge >= 0.3 is 6.03 Å². The third-order valence-electron chi connectivity index (χ3n) is 4.39. The molecule has 0 unspecified atom stereocenters. The maximum atomic E-state index is 12.3. The Labute approximate surface area is 148 Å². The summed E-state index contributed by atoms with van der Waals surface area (Å²) in [4.78, 5) is 20.7. The van der Waals surface area contributed by atoms with Crippen molar-refractivity contribution in [3.05, 3.63) is 53.9 Å². The van der Waals surface area contributed by atoms with Crippen molar-refractivity contribution in [1.82, 2.24) is 15.2 Å². The molecule has 0 bridgehead atoms. The van der Waals surface area contributed by atoms with E-state index in [2.05, 4.69) is 28.2 Å². The number of pyridine rings is 1. The minimum atomic E-state index is -0.0403. The third kappa shape index (κ3) is 4.21. The average Bonchev–Trinajstić information content (AvgIpc) is 2.67. The topological polar surface area (TPSA) is 57.7 Å². The average molecular weight is 340 g/mol. The quantitative estimate of drug-likeness (QED) is 0.929. The van der Waals surface area contributed by atoms with Gasteiger partial charge in [-0.05, 0) is 36.8 Å². The van der Waals surface area contributed by atoms with E-state index in [0.29, 0.717) is 19.6 Å². The van der Waals surface area contributed by atoms with Crippen LogP contribution in [-0.2, 0) is 6.54 Å². The number of hydrogen-bond donors (Lipinski definition) is 1. The van der Waals surface area contributed by atoms with Crippen LogP contribution >= 0.6 is 0 Å². The van der Waals surface area contributed by atoms with Crippen LogP contribution in [0, 0.1) is 6.92 Å². The summed E-state index contributed by atoms with van der Waals surface area (Å²) in [5.74, 6) is 0.874. The van der Waals surface area contributed by atoms with Gasteiger partial charge in [-0.15, -0.1) is 0 Å². The van der Waals surface area contributed by atoms with Crippen LogP contribution in [0.2, 0.25) is 0 Å². The lowest BCUT2D eigenvalue weighted by Crippen LogP contribution is -2.51. The van der Waals surface area contributed by atoms with Crippen molar-refractivity contribution in [1.29, 1.82) is 0 Å². The first-order valence-corrected chi connectivity index (χ1v) is 8.49. The van der Waals surface area contributed by atoms with E-state index in [9.17, 15) is 4.79 Å². The fourth-order valence-electron chi connectivity index (χ4n) is 2.98. The number of nitrogens with one attached hydrogen (secondary N) is 1. The fourth-order valence-corrected chi connectivity index (χ4v) is 2.98. The maximum absolute atomic E-state index is 12.3. The largest absolute Gasteiger partial charge is 0.495 e. The van der Waals surface area contributed by atoms with Gasteiger partial charge in [-0.25, -0.2) is 4.79 Å². The number of hydrogen-bond acceptors (Lipinski definition) is 4. The normalized spacial score (nSPS) is 14.3. The van der Waals surface area contributed by atoms with Gasteiger partial charge in [0.15, 0.2) is 0 Å². The van der Waals surface area contributed by atoms with Gasteiger partial charge in [-0.1, -0.05) is 12.1 Å². The summed E-state index contributed by atoms with van der Waals surface area (Å²) >= 11 is 0. The molecule has 25 heavy (non-hydrogen) atoms. The van der Waals surface area contributed by atoms with Gasteiger partial charge in [0.2, 0.25) is 0 Å². The number of ether oxygens (including phenoxy) is 1. The van der Waals surface area contributed by atoms with Crippen LogP contribution in [-0.4, -0.2) is 49.2 Å². The van der Waals surface area contributed by atoms with Crippen molar-refractivity contribution in [3.8, 4) is 5.75 Å². The smallest absolute Gasteiger partial charge is 0.317 e. The summed E-state index contributed by atoms with van der Waals surface area (Å²) < 4.78 is 5.47. The number of urea groups is 1. The van der Waals surface area contributed by atoms with Crippen LogP contribution in [0.15, 0.2) is 42.6 Å². The van der Waals surface area contributed by atoms with E-state index in [4.69, 9.17) is 4.74 Å². The van der Waals surface area contributed by atoms with Gasteiger partial charge in [0, 0.05) is 32.4 Å². The molecule has 0 radical (unpaired) electrons. The highest BCUT2D eigenvalue weighted by Gasteiger charge is 2.22. The Balaban J connectivity index is 1.55. The standard InChI is InChI=1S/C19H24N4O2/c1-15-6-7-18(25-2)17(13-15)22-9-11-23(12-10-22)19(24)21-14-16-5-3-4-8-20-16/h3-8,13H,9-12,14H2,1-2H3,(H,21,24). The minimum Gasteiger partial charge on any atom is -0.495 e. The van der Waals surface area contributed by atoms with Crippen molar-refractivity contribution in [3.63, 3.8) is 0 Å². The van der Waals surface area contributed by atoms with Crippen LogP contribution in [0.25, 0.3) is 0 Å². The van der Waals surface area contributed by atoms with E-state index in [-0.39, 0.29) is 6.03 Å². The lowest BCUT2D eigenvalue weighted by molar-refractivity contribution is 0.193. The second-order valence-corrected chi connectivity index (χ2v) is 6.13. The zero-order valence-electron chi connectivity index (χ0n) is 14.7. The van der Waals surface area contributed by atoms with Crippen molar-refractivity contribution in [2.75, 3.05) is 38.2 Å². The molecular formula is C19H24N4O2. The Morgan fingerprint density at radius 2 is 2.00 bits per heavy atom. The molecule has 2 amide bonds. The monoisotopic (exact) mass is 340 g/mol. The number of anilines is 1. The lowest BCUT2D eigenvalue weighted by Gasteiger charge is -2.36. The number of nitrogens with zero attached hydrogens (tertiary/aromatic N) is 3. The maximum Gasteiger partial charge on any atom is 0.317 e. The highest BCUT2D eigenvalue weighted by Crippen LogP contribution is 2.29. The molecule has 2 heterocycles. The number of benzene rings is 1. The first kappa shape index (κ1) is 17.1. The van der Waals surface area contributed by atoms with Gasteiger partial charge in [-0.3, -0.25) is 4.98 Å². The molecule has 6 nitrogen and oxygen atoms in total. The number of amides is 2. The predicted molar refractivity (Wildman–Crippen MR) is 98.0 cm³/mol. The summed E-state index contributed by atoms with van der Waals surface area (Å²) in [6.45, 7) is 5.47. The number of aryl methyl sites for hydroxylation is 1. The Bertz CT molecular complexity index is 713. The van der Waals surface area contributed by atoms with Crippen LogP contribution in [0.1, 0.15) is 11.3 Å². The van der Waals surface area contributed by atoms with Crippen molar-refractivity contribution >= 4 is 11.7 Å². The molecule has 0 atom stereocenters. The second-order valence-electron chi connectivity index (χ2n) is 6.13. The summed E-state index contributed by atoms with van der Waals surface area (Å²) in [7, 11) is 1.69. The predicted octanol–water partition coefficient (Wildman–Crippen LogP) is 2.43. The Kier molecular flexibility index (Phi) is 5.38. The number of piperazine rings is 1. The van der Waals surface area contributed by atoms with Gasteiger partial charge in [0.05, 0.1) is 25.0 Å². The molecule has 0 aliphatic carbocycles. The summed E-state index contributed by atoms with van der Waals surface area (Å²) in [6.07, 6.45) is 1.73. The molecule has 132 valence electrons. The van der Waals surface area contributed by atoms with E-state index >= 15 is 0 Å². The van der Waals surface area contributed by atoms with Crippen LogP contribution in [0.4, 0.5) is 10.5 Å². The third-order valence-corrected chi connectivity index (χ3v) is 4.39. The number of carbonyl (C=O) groups excluding carboxylic acids is 1. The minimum absolute atomic E-state index is 0.0403. The van der Waals surface area contributed by atoms with Gasteiger partial charge in [0.1, 0.15) is 5.75 Å². The Hall–Kier alpha value is -2.76. The molecule has 0 saturated carbocycles. The molecular weight excluding hydrogens is 316 g/mol. The van der Waals surface area contributed by atoms with Crippen LogP contribution in [0.3, 0.4) is 0 Å². The molecule has 1 saturated heterocycles. The molecule has 6 heteroatoms. The van der Waals surface area contributed by atoms with Gasteiger partial charge in [-0.2, -0.15) is 0 Å². The van der Waals surface area contributed by atoms with Crippen molar-refractivity contribution in [2.45, 2.75) is 13.5 Å². The molecule has 1 aromatic heterocycles. The van der Waals surface area contributed by atoms with Crippen LogP contribution < -0.4 is 15.0 Å². The molecule has 1 N–H and O–H groups in total. The molecule has 1 aliphatic heterocycles. The van der Waals surface area contributed by atoms with Crippen molar-refractivity contribution in [2.24, 2.45) is 0 Å². The van der Waals surface area contributed by atoms with E-state index in [0.717, 1.165) is 30.2 Å². The van der Waals surface area contributed by atoms with Crippen molar-refractivity contribution < 1.29 is 9.53 Å². The fraction of sp³-hybridized carbons (Fsp3) is 0.368. The molecule has 0 spiro atoms. The van der Waals surface area contributed by atoms with Crippen LogP contribution in [0.5, 0.6) is 5.75 Å². The Morgan fingerprint density at radius 3 is 2.68 bits per heavy atom. The number of rotatable bonds is 4. The summed E-state index contributed by atoms with van der Waals surface area (Å²) in [5.41, 5.74) is 3.15. The first-order valence-electron chi connectivity index (χ1n) is 8.49. The molecule has 1 aliphatic rings. The number of methoxy groups -OCH3 is 1. The highest BCUT2D eigenvalue weighted by atomic mass is 16.5. The van der Waals surface area contributed by atoms with Gasteiger partial charge < -0.3 is 19.9 Å². The lowest BCUT2D eigenvalue weighted by atomic mass is 10.1. The molecule has 1 fully saturated rings. The highest BCUT2D eigenvalue weighted by molar-refractivity contribution is 5.74. The van der Waals surface area contributed by atoms with Gasteiger partial charge in [0.25, 0.3) is 0 Å². The van der Waals surface area contributed by atoms with E-state index < -0.39 is 0 Å². The second kappa shape index (κ2) is 7.88. The summed E-state index contributed by atoms with van der Waals surface area (Å²) in [5, 5.41) is 2.94. The van der Waals surface area contributed by atoms with E-state index in [1.807, 2.05) is 35.2 Å². The molecule has 3 rings (SSSR count).